The molecule has 1 saturated carbocycles. The number of carbonyl (C=O) groups is 1. The van der Waals surface area contributed by atoms with Crippen LogP contribution in [0.5, 0.6) is 0 Å². The molecule has 0 aromatic heterocycles. The average molecular weight is 415 g/mol. The highest BCUT2D eigenvalue weighted by atomic mass is 32.2. The van der Waals surface area contributed by atoms with Gasteiger partial charge in [0.05, 0.1) is 10.8 Å². The van der Waals surface area contributed by atoms with Crippen molar-refractivity contribution in [3.63, 3.8) is 0 Å². The zero-order valence-electron chi connectivity index (χ0n) is 16.8. The molecule has 0 spiro atoms. The largest absolute Gasteiger partial charge is 0.353 e. The molecule has 2 aromatic carbocycles. The summed E-state index contributed by atoms with van der Waals surface area (Å²) >= 11 is 0. The Morgan fingerprint density at radius 3 is 2.38 bits per heavy atom. The van der Waals surface area contributed by atoms with E-state index in [4.69, 9.17) is 0 Å². The first-order valence-electron chi connectivity index (χ1n) is 10.8. The van der Waals surface area contributed by atoms with Crippen LogP contribution < -0.4 is 5.32 Å². The smallest absolute Gasteiger partial charge is 0.243 e. The lowest BCUT2D eigenvalue weighted by Crippen LogP contribution is -2.47. The Morgan fingerprint density at radius 1 is 0.897 bits per heavy atom. The summed E-state index contributed by atoms with van der Waals surface area (Å²) in [6.45, 7) is 0.746. The third kappa shape index (κ3) is 4.64. The molecule has 2 fully saturated rings. The molecular weight excluding hydrogens is 384 g/mol. The number of benzene rings is 2. The molecule has 0 bridgehead atoms. The monoisotopic (exact) mass is 414 g/mol. The molecule has 0 radical (unpaired) electrons. The van der Waals surface area contributed by atoms with Crippen LogP contribution in [0.3, 0.4) is 0 Å². The molecule has 1 atom stereocenters. The average Bonchev–Trinajstić information content (AvgIpc) is 3.02. The molecule has 2 aromatic rings. The van der Waals surface area contributed by atoms with E-state index in [0.717, 1.165) is 49.3 Å². The van der Waals surface area contributed by atoms with Crippen molar-refractivity contribution in [1.29, 1.82) is 0 Å². The van der Waals surface area contributed by atoms with Crippen LogP contribution in [0.2, 0.25) is 0 Å². The van der Waals surface area contributed by atoms with Gasteiger partial charge in [0.15, 0.2) is 0 Å². The summed E-state index contributed by atoms with van der Waals surface area (Å²) in [5.41, 5.74) is 0. The Kier molecular flexibility index (Phi) is 6.20. The van der Waals surface area contributed by atoms with E-state index in [1.54, 1.807) is 12.1 Å². The highest BCUT2D eigenvalue weighted by Crippen LogP contribution is 2.27. The van der Waals surface area contributed by atoms with Crippen LogP contribution in [0.1, 0.15) is 51.4 Å². The minimum absolute atomic E-state index is 0.0234. The summed E-state index contributed by atoms with van der Waals surface area (Å²) in [5, 5.41) is 5.13. The molecule has 1 aliphatic heterocycles. The molecule has 4 rings (SSSR count). The van der Waals surface area contributed by atoms with E-state index in [0.29, 0.717) is 11.4 Å². The Balaban J connectivity index is 1.46. The minimum atomic E-state index is -3.61. The van der Waals surface area contributed by atoms with Gasteiger partial charge in [0.1, 0.15) is 0 Å². The number of sulfonamides is 1. The Hall–Kier alpha value is -1.92. The molecule has 5 nitrogen and oxygen atoms in total. The van der Waals surface area contributed by atoms with Gasteiger partial charge in [-0.1, -0.05) is 56.0 Å². The van der Waals surface area contributed by atoms with Gasteiger partial charge in [0, 0.05) is 19.1 Å². The lowest BCUT2D eigenvalue weighted by atomic mass is 9.97. The van der Waals surface area contributed by atoms with E-state index in [1.807, 2.05) is 30.3 Å². The zero-order valence-corrected chi connectivity index (χ0v) is 17.7. The lowest BCUT2D eigenvalue weighted by Gasteiger charge is -2.32. The summed E-state index contributed by atoms with van der Waals surface area (Å²) < 4.78 is 28.0. The molecule has 1 aliphatic carbocycles. The van der Waals surface area contributed by atoms with Crippen LogP contribution in [0.4, 0.5) is 0 Å². The second-order valence-electron chi connectivity index (χ2n) is 8.41. The van der Waals surface area contributed by atoms with Crippen LogP contribution in [0, 0.1) is 5.92 Å². The number of fused-ring (bicyclic) bond motifs is 1. The van der Waals surface area contributed by atoms with E-state index in [-0.39, 0.29) is 24.4 Å². The number of rotatable bonds is 4. The van der Waals surface area contributed by atoms with Crippen LogP contribution in [0.15, 0.2) is 47.4 Å². The Labute approximate surface area is 173 Å². The third-order valence-electron chi connectivity index (χ3n) is 6.32. The van der Waals surface area contributed by atoms with Crippen LogP contribution >= 0.6 is 0 Å². The fraction of sp³-hybridized carbons (Fsp3) is 0.522. The van der Waals surface area contributed by atoms with Crippen LogP contribution in [-0.4, -0.2) is 37.8 Å². The maximum absolute atomic E-state index is 13.2. The van der Waals surface area contributed by atoms with Gasteiger partial charge in [0.2, 0.25) is 15.9 Å². The van der Waals surface area contributed by atoms with Gasteiger partial charge in [-0.2, -0.15) is 4.31 Å². The number of nitrogens with zero attached hydrogens (tertiary/aromatic N) is 1. The normalized spacial score (nSPS) is 22.3. The Bertz CT molecular complexity index is 965. The van der Waals surface area contributed by atoms with Crippen molar-refractivity contribution >= 4 is 26.7 Å². The molecule has 29 heavy (non-hydrogen) atoms. The molecule has 0 unspecified atom stereocenters. The van der Waals surface area contributed by atoms with E-state index >= 15 is 0 Å². The van der Waals surface area contributed by atoms with Crippen molar-refractivity contribution in [2.75, 3.05) is 13.1 Å². The van der Waals surface area contributed by atoms with Gasteiger partial charge in [-0.25, -0.2) is 8.42 Å². The fourth-order valence-electron chi connectivity index (χ4n) is 4.59. The van der Waals surface area contributed by atoms with Crippen molar-refractivity contribution in [2.24, 2.45) is 5.92 Å². The molecule has 1 N–H and O–H groups in total. The molecule has 2 aliphatic rings. The summed E-state index contributed by atoms with van der Waals surface area (Å²) in [6.07, 6.45) is 8.37. The van der Waals surface area contributed by atoms with E-state index in [9.17, 15) is 13.2 Å². The Morgan fingerprint density at radius 2 is 1.62 bits per heavy atom. The van der Waals surface area contributed by atoms with Gasteiger partial charge >= 0.3 is 0 Å². The first-order chi connectivity index (χ1) is 14.0. The minimum Gasteiger partial charge on any atom is -0.353 e. The number of hydrogen-bond donors (Lipinski definition) is 1. The maximum Gasteiger partial charge on any atom is 0.243 e. The van der Waals surface area contributed by atoms with Crippen molar-refractivity contribution in [2.45, 2.75) is 62.3 Å². The molecule has 1 saturated heterocycles. The highest BCUT2D eigenvalue weighted by molar-refractivity contribution is 7.89. The van der Waals surface area contributed by atoms with Gasteiger partial charge in [-0.05, 0) is 48.6 Å². The van der Waals surface area contributed by atoms with Crippen molar-refractivity contribution < 1.29 is 13.2 Å². The third-order valence-corrected chi connectivity index (χ3v) is 8.18. The summed E-state index contributed by atoms with van der Waals surface area (Å²) in [6, 6.07) is 13.3. The maximum atomic E-state index is 13.2. The molecule has 156 valence electrons. The fourth-order valence-corrected chi connectivity index (χ4v) is 6.15. The van der Waals surface area contributed by atoms with Crippen molar-refractivity contribution in [3.05, 3.63) is 42.5 Å². The number of hydrogen-bond acceptors (Lipinski definition) is 3. The second kappa shape index (κ2) is 8.84. The standard InChI is InChI=1S/C23H30N2O3S/c26-23(24-21-11-3-1-2-4-12-21)20-10-7-15-25(17-20)29(27,28)22-14-13-18-8-5-6-9-19(18)16-22/h5-6,8-9,13-14,16,20-21H,1-4,7,10-12,15,17H2,(H,24,26)/t20-/m0/s1. The highest BCUT2D eigenvalue weighted by Gasteiger charge is 2.34. The van der Waals surface area contributed by atoms with E-state index < -0.39 is 10.0 Å². The van der Waals surface area contributed by atoms with E-state index in [2.05, 4.69) is 5.32 Å². The zero-order chi connectivity index (χ0) is 20.3. The van der Waals surface area contributed by atoms with Crippen LogP contribution in [0.25, 0.3) is 10.8 Å². The van der Waals surface area contributed by atoms with Gasteiger partial charge in [-0.15, -0.1) is 0 Å². The van der Waals surface area contributed by atoms with Gasteiger partial charge in [-0.3, -0.25) is 4.79 Å². The molecule has 6 heteroatoms. The lowest BCUT2D eigenvalue weighted by molar-refractivity contribution is -0.126. The summed E-state index contributed by atoms with van der Waals surface area (Å²) in [5.74, 6) is -0.238. The van der Waals surface area contributed by atoms with Gasteiger partial charge in [0.25, 0.3) is 0 Å². The molecular formula is C23H30N2O3S. The quantitative estimate of drug-likeness (QED) is 0.767. The topological polar surface area (TPSA) is 66.5 Å². The number of amides is 1. The summed E-state index contributed by atoms with van der Waals surface area (Å²) in [7, 11) is -3.61. The summed E-state index contributed by atoms with van der Waals surface area (Å²) in [4.78, 5) is 13.1. The first kappa shape index (κ1) is 20.4. The van der Waals surface area contributed by atoms with Crippen molar-refractivity contribution in [3.8, 4) is 0 Å². The second-order valence-corrected chi connectivity index (χ2v) is 10.3. The van der Waals surface area contributed by atoms with Gasteiger partial charge < -0.3 is 5.32 Å². The predicted octanol–water partition coefficient (Wildman–Crippen LogP) is 4.08. The SMILES string of the molecule is O=C(NC1CCCCCC1)[C@H]1CCCN(S(=O)(=O)c2ccc3ccccc3c2)C1. The van der Waals surface area contributed by atoms with Crippen molar-refractivity contribution in [1.82, 2.24) is 9.62 Å². The number of piperidine rings is 1. The molecule has 1 heterocycles. The number of nitrogens with one attached hydrogen (secondary N) is 1. The first-order valence-corrected chi connectivity index (χ1v) is 12.3. The van der Waals surface area contributed by atoms with E-state index in [1.165, 1.54) is 17.1 Å². The molecule has 1 amide bonds. The predicted molar refractivity (Wildman–Crippen MR) is 115 cm³/mol. The van der Waals surface area contributed by atoms with Crippen LogP contribution in [-0.2, 0) is 14.8 Å². The number of carbonyl (C=O) groups excluding carboxylic acids is 1.